The Morgan fingerprint density at radius 2 is 1.90 bits per heavy atom. The Balaban J connectivity index is 2.06. The Hall–Kier alpha value is -1.36. The molecule has 1 aromatic rings. The van der Waals surface area contributed by atoms with Gasteiger partial charge in [0.05, 0.1) is 0 Å². The monoisotopic (exact) mass is 338 g/mol. The summed E-state index contributed by atoms with van der Waals surface area (Å²) in [5, 5.41) is 2.80. The molecule has 1 aliphatic rings. The van der Waals surface area contributed by atoms with Crippen LogP contribution in [0.25, 0.3) is 0 Å². The standard InChI is InChI=1S/C15H19BrN2O2/c1-18-14(19)4-2-3-11(9-10-17-15(18)20)12-5-7-13(16)8-6-12/h5-8,11H,2-4,9-10H2,1H3,(H,17,20)/t11-/m0/s1. The minimum atomic E-state index is -0.300. The van der Waals surface area contributed by atoms with Gasteiger partial charge in [0.1, 0.15) is 0 Å². The molecule has 0 unspecified atom stereocenters. The summed E-state index contributed by atoms with van der Waals surface area (Å²) in [5.74, 6) is 0.276. The van der Waals surface area contributed by atoms with Crippen LogP contribution in [0, 0.1) is 0 Å². The number of hydrogen-bond donors (Lipinski definition) is 1. The number of rotatable bonds is 1. The molecule has 1 atom stereocenters. The highest BCUT2D eigenvalue weighted by atomic mass is 79.9. The zero-order valence-corrected chi connectivity index (χ0v) is 13.1. The minimum absolute atomic E-state index is 0.112. The minimum Gasteiger partial charge on any atom is -0.338 e. The van der Waals surface area contributed by atoms with Gasteiger partial charge in [-0.1, -0.05) is 28.1 Å². The fourth-order valence-electron chi connectivity index (χ4n) is 2.47. The predicted molar refractivity (Wildman–Crippen MR) is 81.5 cm³/mol. The van der Waals surface area contributed by atoms with E-state index in [0.717, 1.165) is 23.7 Å². The van der Waals surface area contributed by atoms with Gasteiger partial charge in [0.2, 0.25) is 5.91 Å². The molecule has 0 aliphatic carbocycles. The Morgan fingerprint density at radius 3 is 2.60 bits per heavy atom. The van der Waals surface area contributed by atoms with E-state index in [1.807, 2.05) is 12.1 Å². The van der Waals surface area contributed by atoms with Crippen molar-refractivity contribution in [2.24, 2.45) is 0 Å². The first-order chi connectivity index (χ1) is 9.58. The summed E-state index contributed by atoms with van der Waals surface area (Å²) < 4.78 is 1.06. The number of carbonyl (C=O) groups excluding carboxylic acids is 2. The summed E-state index contributed by atoms with van der Waals surface area (Å²) in [6.07, 6.45) is 3.11. The average molecular weight is 339 g/mol. The smallest absolute Gasteiger partial charge is 0.323 e. The molecule has 4 nitrogen and oxygen atoms in total. The number of hydrogen-bond acceptors (Lipinski definition) is 2. The van der Waals surface area contributed by atoms with Crippen molar-refractivity contribution in [3.8, 4) is 0 Å². The van der Waals surface area contributed by atoms with E-state index in [4.69, 9.17) is 0 Å². The topological polar surface area (TPSA) is 49.4 Å². The van der Waals surface area contributed by atoms with Crippen LogP contribution in [0.1, 0.15) is 37.2 Å². The molecule has 20 heavy (non-hydrogen) atoms. The summed E-state index contributed by atoms with van der Waals surface area (Å²) in [7, 11) is 1.53. The van der Waals surface area contributed by atoms with Crippen molar-refractivity contribution in [2.45, 2.75) is 31.6 Å². The van der Waals surface area contributed by atoms with Gasteiger partial charge in [0.25, 0.3) is 0 Å². The van der Waals surface area contributed by atoms with Crippen LogP contribution in [0.15, 0.2) is 28.7 Å². The van der Waals surface area contributed by atoms with Crippen LogP contribution >= 0.6 is 15.9 Å². The quantitative estimate of drug-likeness (QED) is 0.854. The molecule has 0 radical (unpaired) electrons. The number of halogens is 1. The molecule has 108 valence electrons. The van der Waals surface area contributed by atoms with Crippen LogP contribution in [0.2, 0.25) is 0 Å². The van der Waals surface area contributed by atoms with Crippen LogP contribution in [-0.2, 0) is 4.79 Å². The van der Waals surface area contributed by atoms with Crippen molar-refractivity contribution in [3.63, 3.8) is 0 Å². The summed E-state index contributed by atoms with van der Waals surface area (Å²) >= 11 is 3.44. The van der Waals surface area contributed by atoms with Crippen LogP contribution in [-0.4, -0.2) is 30.4 Å². The normalized spacial score (nSPS) is 21.5. The second-order valence-electron chi connectivity index (χ2n) is 5.11. The molecule has 0 saturated carbocycles. The number of urea groups is 1. The van der Waals surface area contributed by atoms with Gasteiger partial charge in [-0.2, -0.15) is 0 Å². The van der Waals surface area contributed by atoms with Crippen molar-refractivity contribution in [2.75, 3.05) is 13.6 Å². The lowest BCUT2D eigenvalue weighted by Crippen LogP contribution is -2.42. The van der Waals surface area contributed by atoms with E-state index in [1.165, 1.54) is 17.5 Å². The molecular weight excluding hydrogens is 320 g/mol. The predicted octanol–water partition coefficient (Wildman–Crippen LogP) is 3.27. The molecule has 1 saturated heterocycles. The molecule has 1 aromatic carbocycles. The Labute approximate surface area is 127 Å². The van der Waals surface area contributed by atoms with Crippen LogP contribution in [0.5, 0.6) is 0 Å². The van der Waals surface area contributed by atoms with Gasteiger partial charge in [-0.15, -0.1) is 0 Å². The highest BCUT2D eigenvalue weighted by Gasteiger charge is 2.20. The molecule has 1 heterocycles. The van der Waals surface area contributed by atoms with E-state index < -0.39 is 0 Å². The first-order valence-corrected chi connectivity index (χ1v) is 7.67. The van der Waals surface area contributed by atoms with Crippen molar-refractivity contribution in [3.05, 3.63) is 34.3 Å². The third-order valence-corrected chi connectivity index (χ3v) is 4.26. The first kappa shape index (κ1) is 15.0. The maximum atomic E-state index is 11.8. The van der Waals surface area contributed by atoms with Gasteiger partial charge in [-0.3, -0.25) is 9.69 Å². The molecule has 5 heteroatoms. The molecule has 0 aromatic heterocycles. The van der Waals surface area contributed by atoms with E-state index >= 15 is 0 Å². The van der Waals surface area contributed by atoms with Crippen molar-refractivity contribution in [1.82, 2.24) is 10.2 Å². The summed E-state index contributed by atoms with van der Waals surface area (Å²) in [4.78, 5) is 24.7. The van der Waals surface area contributed by atoms with Gasteiger partial charge in [0, 0.05) is 24.5 Å². The summed E-state index contributed by atoms with van der Waals surface area (Å²) in [6, 6.07) is 7.98. The van der Waals surface area contributed by atoms with Gasteiger partial charge in [-0.05, 0) is 42.9 Å². The lowest BCUT2D eigenvalue weighted by atomic mass is 9.90. The second kappa shape index (κ2) is 6.88. The fourth-order valence-corrected chi connectivity index (χ4v) is 2.73. The highest BCUT2D eigenvalue weighted by molar-refractivity contribution is 9.10. The maximum Gasteiger partial charge on any atom is 0.323 e. The van der Waals surface area contributed by atoms with Gasteiger partial charge in [0.15, 0.2) is 0 Å². The summed E-state index contributed by atoms with van der Waals surface area (Å²) in [5.41, 5.74) is 1.27. The van der Waals surface area contributed by atoms with Crippen molar-refractivity contribution in [1.29, 1.82) is 0 Å². The average Bonchev–Trinajstić information content (AvgIpc) is 2.44. The number of nitrogens with one attached hydrogen (secondary N) is 1. The zero-order chi connectivity index (χ0) is 14.5. The van der Waals surface area contributed by atoms with Gasteiger partial charge < -0.3 is 5.32 Å². The van der Waals surface area contributed by atoms with Gasteiger partial charge in [-0.25, -0.2) is 4.79 Å². The SMILES string of the molecule is CN1C(=O)CCC[C@H](c2ccc(Br)cc2)CCNC1=O. The second-order valence-corrected chi connectivity index (χ2v) is 6.03. The van der Waals surface area contributed by atoms with E-state index in [1.54, 1.807) is 0 Å². The van der Waals surface area contributed by atoms with E-state index in [-0.39, 0.29) is 11.9 Å². The van der Waals surface area contributed by atoms with Crippen molar-refractivity contribution < 1.29 is 9.59 Å². The highest BCUT2D eigenvalue weighted by Crippen LogP contribution is 2.27. The Morgan fingerprint density at radius 1 is 1.20 bits per heavy atom. The molecule has 1 fully saturated rings. The number of carbonyl (C=O) groups is 2. The molecule has 3 amide bonds. The lowest BCUT2D eigenvalue weighted by molar-refractivity contribution is -0.127. The van der Waals surface area contributed by atoms with Gasteiger partial charge >= 0.3 is 6.03 Å². The lowest BCUT2D eigenvalue weighted by Gasteiger charge is -2.22. The maximum absolute atomic E-state index is 11.8. The number of amides is 3. The first-order valence-electron chi connectivity index (χ1n) is 6.88. The third-order valence-electron chi connectivity index (χ3n) is 3.73. The number of benzene rings is 1. The molecule has 1 N–H and O–H groups in total. The molecular formula is C15H19BrN2O2. The van der Waals surface area contributed by atoms with Crippen LogP contribution in [0.4, 0.5) is 4.79 Å². The number of nitrogens with zero attached hydrogens (tertiary/aromatic N) is 1. The summed E-state index contributed by atoms with van der Waals surface area (Å²) in [6.45, 7) is 0.594. The fraction of sp³-hybridized carbons (Fsp3) is 0.467. The van der Waals surface area contributed by atoms with Crippen LogP contribution in [0.3, 0.4) is 0 Å². The van der Waals surface area contributed by atoms with E-state index in [2.05, 4.69) is 33.4 Å². The largest absolute Gasteiger partial charge is 0.338 e. The molecule has 0 spiro atoms. The van der Waals surface area contributed by atoms with E-state index in [9.17, 15) is 9.59 Å². The Kier molecular flexibility index (Phi) is 5.17. The third kappa shape index (κ3) is 3.82. The molecule has 2 rings (SSSR count). The molecule has 0 bridgehead atoms. The Bertz CT molecular complexity index is 465. The number of imide groups is 1. The van der Waals surface area contributed by atoms with E-state index in [0.29, 0.717) is 18.9 Å². The molecule has 1 aliphatic heterocycles. The van der Waals surface area contributed by atoms with Crippen molar-refractivity contribution >= 4 is 27.9 Å². The zero-order valence-electron chi connectivity index (χ0n) is 11.6. The van der Waals surface area contributed by atoms with Crippen LogP contribution < -0.4 is 5.32 Å².